The lowest BCUT2D eigenvalue weighted by Crippen LogP contribution is -2.08. The molecule has 0 fully saturated rings. The minimum Gasteiger partial charge on any atom is -0.372 e. The number of halogens is 1. The van der Waals surface area contributed by atoms with Gasteiger partial charge in [-0.25, -0.2) is 0 Å². The predicted octanol–water partition coefficient (Wildman–Crippen LogP) is 3.77. The lowest BCUT2D eigenvalue weighted by atomic mass is 10.3. The highest BCUT2D eigenvalue weighted by Crippen LogP contribution is 2.17. The molecule has 0 aliphatic heterocycles. The first-order valence-electron chi connectivity index (χ1n) is 5.93. The average molecular weight is 336 g/mol. The fourth-order valence-electron chi connectivity index (χ4n) is 1.26. The van der Waals surface area contributed by atoms with E-state index in [4.69, 9.17) is 4.74 Å². The van der Waals surface area contributed by atoms with Crippen molar-refractivity contribution >= 4 is 22.6 Å². The first-order valence-corrected chi connectivity index (χ1v) is 7.01. The molecule has 1 aromatic rings. The molecule has 0 bridgehead atoms. The van der Waals surface area contributed by atoms with Crippen LogP contribution in [-0.4, -0.2) is 15.9 Å². The quantitative estimate of drug-likeness (QED) is 0.740. The Bertz CT molecular complexity index is 325. The van der Waals surface area contributed by atoms with Crippen molar-refractivity contribution in [1.82, 2.24) is 9.78 Å². The highest BCUT2D eigenvalue weighted by molar-refractivity contribution is 14.1. The Morgan fingerprint density at radius 2 is 2.06 bits per heavy atom. The molecule has 3 nitrogen and oxygen atoms in total. The summed E-state index contributed by atoms with van der Waals surface area (Å²) < 4.78 is 8.94. The summed E-state index contributed by atoms with van der Waals surface area (Å²) in [5.41, 5.74) is 1.06. The molecule has 1 rings (SSSR count). The van der Waals surface area contributed by atoms with Crippen LogP contribution in [0.4, 0.5) is 0 Å². The van der Waals surface area contributed by atoms with E-state index in [9.17, 15) is 0 Å². The van der Waals surface area contributed by atoms with Gasteiger partial charge in [0.05, 0.1) is 16.3 Å². The predicted molar refractivity (Wildman–Crippen MR) is 74.5 cm³/mol. The maximum absolute atomic E-state index is 5.70. The maximum atomic E-state index is 5.70. The van der Waals surface area contributed by atoms with E-state index >= 15 is 0 Å². The molecular weight excluding hydrogens is 315 g/mol. The summed E-state index contributed by atoms with van der Waals surface area (Å²) in [6, 6.07) is 0.464. The van der Waals surface area contributed by atoms with Gasteiger partial charge in [0, 0.05) is 12.2 Å². The summed E-state index contributed by atoms with van der Waals surface area (Å²) >= 11 is 2.33. The molecule has 0 saturated carbocycles. The van der Waals surface area contributed by atoms with Crippen molar-refractivity contribution in [1.29, 1.82) is 0 Å². The Hall–Kier alpha value is -0.100. The second-order valence-electron chi connectivity index (χ2n) is 4.19. The maximum Gasteiger partial charge on any atom is 0.101 e. The van der Waals surface area contributed by atoms with Crippen molar-refractivity contribution in [2.45, 2.75) is 59.3 Å². The molecule has 0 saturated heterocycles. The molecule has 0 amide bonds. The number of hydrogen-bond acceptors (Lipinski definition) is 2. The van der Waals surface area contributed by atoms with Crippen LogP contribution in [0.15, 0.2) is 6.20 Å². The van der Waals surface area contributed by atoms with Crippen molar-refractivity contribution in [2.75, 3.05) is 0 Å². The van der Waals surface area contributed by atoms with Crippen LogP contribution >= 0.6 is 22.6 Å². The molecule has 16 heavy (non-hydrogen) atoms. The summed E-state index contributed by atoms with van der Waals surface area (Å²) in [6.07, 6.45) is 4.56. The van der Waals surface area contributed by atoms with Gasteiger partial charge in [-0.3, -0.25) is 4.68 Å². The normalized spacial score (nSPS) is 15.1. The SMILES string of the molecule is CC[C@H](C)OCc1nn([C@@H](C)CC)cc1I. The average Bonchev–Trinajstić information content (AvgIpc) is 2.66. The van der Waals surface area contributed by atoms with Crippen LogP contribution < -0.4 is 0 Å². The summed E-state index contributed by atoms with van der Waals surface area (Å²) in [5.74, 6) is 0. The molecule has 0 radical (unpaired) electrons. The van der Waals surface area contributed by atoms with Gasteiger partial charge >= 0.3 is 0 Å². The first-order chi connectivity index (χ1) is 7.58. The Kier molecular flexibility index (Phi) is 5.75. The molecule has 1 heterocycles. The fourth-order valence-corrected chi connectivity index (χ4v) is 1.81. The molecule has 2 atom stereocenters. The lowest BCUT2D eigenvalue weighted by molar-refractivity contribution is 0.0481. The number of nitrogens with zero attached hydrogens (tertiary/aromatic N) is 2. The van der Waals surface area contributed by atoms with Crippen molar-refractivity contribution in [3.63, 3.8) is 0 Å². The van der Waals surface area contributed by atoms with Gasteiger partial charge in [0.2, 0.25) is 0 Å². The second kappa shape index (κ2) is 6.59. The Morgan fingerprint density at radius 3 is 2.62 bits per heavy atom. The van der Waals surface area contributed by atoms with Crippen LogP contribution in [0.25, 0.3) is 0 Å². The van der Waals surface area contributed by atoms with Gasteiger partial charge in [-0.2, -0.15) is 5.10 Å². The van der Waals surface area contributed by atoms with Gasteiger partial charge in [-0.15, -0.1) is 0 Å². The largest absolute Gasteiger partial charge is 0.372 e. The molecule has 0 spiro atoms. The van der Waals surface area contributed by atoms with Crippen molar-refractivity contribution < 1.29 is 4.74 Å². The van der Waals surface area contributed by atoms with E-state index in [1.165, 1.54) is 3.57 Å². The van der Waals surface area contributed by atoms with Crippen molar-refractivity contribution in [3.05, 3.63) is 15.5 Å². The van der Waals surface area contributed by atoms with Crippen LogP contribution in [-0.2, 0) is 11.3 Å². The highest BCUT2D eigenvalue weighted by Gasteiger charge is 2.11. The molecule has 4 heteroatoms. The molecule has 0 aliphatic rings. The molecule has 0 unspecified atom stereocenters. The zero-order chi connectivity index (χ0) is 12.1. The van der Waals surface area contributed by atoms with Crippen LogP contribution in [0.2, 0.25) is 0 Å². The highest BCUT2D eigenvalue weighted by atomic mass is 127. The topological polar surface area (TPSA) is 27.1 Å². The fraction of sp³-hybridized carbons (Fsp3) is 0.750. The minimum absolute atomic E-state index is 0.310. The van der Waals surface area contributed by atoms with E-state index in [-0.39, 0.29) is 0 Å². The van der Waals surface area contributed by atoms with Crippen molar-refractivity contribution in [2.24, 2.45) is 0 Å². The Labute approximate surface area is 112 Å². The van der Waals surface area contributed by atoms with E-state index in [0.29, 0.717) is 18.8 Å². The number of hydrogen-bond donors (Lipinski definition) is 0. The molecule has 1 aromatic heterocycles. The zero-order valence-electron chi connectivity index (χ0n) is 10.5. The smallest absolute Gasteiger partial charge is 0.101 e. The van der Waals surface area contributed by atoms with E-state index < -0.39 is 0 Å². The van der Waals surface area contributed by atoms with Gasteiger partial charge in [0.15, 0.2) is 0 Å². The molecule has 0 aromatic carbocycles. The number of ether oxygens (including phenoxy) is 1. The molecule has 92 valence electrons. The van der Waals surface area contributed by atoms with Crippen LogP contribution in [0.5, 0.6) is 0 Å². The molecular formula is C12H21IN2O. The van der Waals surface area contributed by atoms with Gasteiger partial charge in [-0.05, 0) is 49.3 Å². The summed E-state index contributed by atoms with van der Waals surface area (Å²) in [5, 5.41) is 4.57. The number of aromatic nitrogens is 2. The van der Waals surface area contributed by atoms with Crippen LogP contribution in [0.3, 0.4) is 0 Å². The van der Waals surface area contributed by atoms with Gasteiger partial charge in [-0.1, -0.05) is 13.8 Å². The van der Waals surface area contributed by atoms with Gasteiger partial charge in [0.1, 0.15) is 5.69 Å². The first kappa shape index (κ1) is 14.0. The lowest BCUT2D eigenvalue weighted by Gasteiger charge is -2.10. The standard InChI is InChI=1S/C12H21IN2O/c1-5-9(3)15-7-11(13)12(14-15)8-16-10(4)6-2/h7,9-10H,5-6,8H2,1-4H3/t9-,10-/m0/s1. The minimum atomic E-state index is 0.310. The third-order valence-corrected chi connectivity index (χ3v) is 3.78. The van der Waals surface area contributed by atoms with Crippen LogP contribution in [0.1, 0.15) is 52.3 Å². The molecule has 0 N–H and O–H groups in total. The third-order valence-electron chi connectivity index (χ3n) is 2.88. The third kappa shape index (κ3) is 3.73. The van der Waals surface area contributed by atoms with E-state index in [1.54, 1.807) is 0 Å². The summed E-state index contributed by atoms with van der Waals surface area (Å²) in [6.45, 7) is 9.21. The Balaban J connectivity index is 2.63. The van der Waals surface area contributed by atoms with E-state index in [1.807, 2.05) is 4.68 Å². The monoisotopic (exact) mass is 336 g/mol. The van der Waals surface area contributed by atoms with Gasteiger partial charge in [0.25, 0.3) is 0 Å². The second-order valence-corrected chi connectivity index (χ2v) is 5.35. The van der Waals surface area contributed by atoms with E-state index in [2.05, 4.69) is 61.6 Å². The van der Waals surface area contributed by atoms with Crippen LogP contribution in [0, 0.1) is 3.57 Å². The summed E-state index contributed by atoms with van der Waals surface area (Å²) in [4.78, 5) is 0. The zero-order valence-corrected chi connectivity index (χ0v) is 12.7. The Morgan fingerprint density at radius 1 is 1.38 bits per heavy atom. The molecule has 0 aliphatic carbocycles. The number of rotatable bonds is 6. The summed E-state index contributed by atoms with van der Waals surface area (Å²) in [7, 11) is 0. The van der Waals surface area contributed by atoms with Crippen molar-refractivity contribution in [3.8, 4) is 0 Å². The van der Waals surface area contributed by atoms with Gasteiger partial charge < -0.3 is 4.74 Å². The van der Waals surface area contributed by atoms with E-state index in [0.717, 1.165) is 18.5 Å².